The average molecular weight is 214 g/mol. The summed E-state index contributed by atoms with van der Waals surface area (Å²) in [4.78, 5) is 0. The number of rotatable bonds is 4. The molecular weight excluding hydrogens is 184 g/mol. The third-order valence-electron chi connectivity index (χ3n) is 3.32. The van der Waals surface area contributed by atoms with E-state index in [0.717, 1.165) is 6.61 Å². The zero-order valence-electron chi connectivity index (χ0n) is 11.4. The van der Waals surface area contributed by atoms with Gasteiger partial charge in [0, 0.05) is 0 Å². The Balaban J connectivity index is 0.000000921. The van der Waals surface area contributed by atoms with Crippen LogP contribution >= 0.6 is 0 Å². The molecule has 1 atom stereocenters. The molecule has 1 saturated heterocycles. The van der Waals surface area contributed by atoms with Crippen LogP contribution in [0.3, 0.4) is 0 Å². The lowest BCUT2D eigenvalue weighted by Crippen LogP contribution is -2.34. The highest BCUT2D eigenvalue weighted by atomic mass is 16.5. The second-order valence-electron chi connectivity index (χ2n) is 4.66. The van der Waals surface area contributed by atoms with E-state index in [1.54, 1.807) is 0 Å². The van der Waals surface area contributed by atoms with E-state index >= 15 is 0 Å². The first-order chi connectivity index (χ1) is 7.22. The van der Waals surface area contributed by atoms with Gasteiger partial charge in [-0.3, -0.25) is 0 Å². The van der Waals surface area contributed by atoms with Gasteiger partial charge in [0.25, 0.3) is 0 Å². The molecule has 1 heteroatoms. The van der Waals surface area contributed by atoms with Gasteiger partial charge in [0.2, 0.25) is 0 Å². The molecule has 0 amide bonds. The Bertz CT molecular complexity index is 126. The summed E-state index contributed by atoms with van der Waals surface area (Å²) in [5.74, 6) is 0. The van der Waals surface area contributed by atoms with Crippen LogP contribution in [0, 0.1) is 5.41 Å². The van der Waals surface area contributed by atoms with E-state index in [2.05, 4.69) is 20.8 Å². The zero-order valence-corrected chi connectivity index (χ0v) is 11.4. The Kier molecular flexibility index (Phi) is 8.13. The van der Waals surface area contributed by atoms with Crippen molar-refractivity contribution in [1.82, 2.24) is 0 Å². The summed E-state index contributed by atoms with van der Waals surface area (Å²) in [6.07, 6.45) is 8.47. The van der Waals surface area contributed by atoms with Gasteiger partial charge in [-0.15, -0.1) is 0 Å². The maximum absolute atomic E-state index is 5.80. The van der Waals surface area contributed by atoms with E-state index in [9.17, 15) is 0 Å². The molecule has 1 heterocycles. The predicted octanol–water partition coefficient (Wildman–Crippen LogP) is 4.80. The highest BCUT2D eigenvalue weighted by Crippen LogP contribution is 2.39. The fourth-order valence-corrected chi connectivity index (χ4v) is 2.56. The first-order valence-electron chi connectivity index (χ1n) is 6.84. The van der Waals surface area contributed by atoms with Crippen LogP contribution in [0.1, 0.15) is 73.1 Å². The molecule has 1 rings (SSSR count). The molecule has 1 nitrogen and oxygen atoms in total. The molecule has 0 radical (unpaired) electrons. The van der Waals surface area contributed by atoms with Gasteiger partial charge in [0.1, 0.15) is 0 Å². The van der Waals surface area contributed by atoms with Crippen LogP contribution in [0.2, 0.25) is 0 Å². The third kappa shape index (κ3) is 5.01. The zero-order chi connectivity index (χ0) is 11.7. The van der Waals surface area contributed by atoms with E-state index in [-0.39, 0.29) is 0 Å². The molecule has 0 saturated carbocycles. The van der Waals surface area contributed by atoms with Crippen molar-refractivity contribution in [3.63, 3.8) is 0 Å². The molecule has 0 aromatic carbocycles. The highest BCUT2D eigenvalue weighted by molar-refractivity contribution is 4.82. The van der Waals surface area contributed by atoms with Crippen LogP contribution in [-0.2, 0) is 4.74 Å². The molecule has 0 aromatic rings. The molecule has 0 unspecified atom stereocenters. The van der Waals surface area contributed by atoms with E-state index in [1.165, 1.54) is 38.5 Å². The van der Waals surface area contributed by atoms with Gasteiger partial charge >= 0.3 is 0 Å². The molecule has 0 bridgehead atoms. The van der Waals surface area contributed by atoms with Crippen molar-refractivity contribution < 1.29 is 4.74 Å². The number of ether oxygens (including phenoxy) is 1. The highest BCUT2D eigenvalue weighted by Gasteiger charge is 2.32. The van der Waals surface area contributed by atoms with Crippen LogP contribution in [0.4, 0.5) is 0 Å². The topological polar surface area (TPSA) is 9.23 Å². The second kappa shape index (κ2) is 8.15. The van der Waals surface area contributed by atoms with Crippen LogP contribution in [0.5, 0.6) is 0 Å². The maximum atomic E-state index is 5.80. The van der Waals surface area contributed by atoms with Gasteiger partial charge < -0.3 is 4.74 Å². The molecule has 0 aromatic heterocycles. The van der Waals surface area contributed by atoms with Crippen molar-refractivity contribution in [2.45, 2.75) is 79.2 Å². The van der Waals surface area contributed by atoms with E-state index in [4.69, 9.17) is 4.74 Å². The summed E-state index contributed by atoms with van der Waals surface area (Å²) in [6.45, 7) is 11.8. The van der Waals surface area contributed by atoms with Crippen molar-refractivity contribution in [2.24, 2.45) is 5.41 Å². The fraction of sp³-hybridized carbons (Fsp3) is 1.00. The van der Waals surface area contributed by atoms with E-state index < -0.39 is 0 Å². The fourth-order valence-electron chi connectivity index (χ4n) is 2.56. The van der Waals surface area contributed by atoms with Gasteiger partial charge in [-0.05, 0) is 38.0 Å². The lowest BCUT2D eigenvalue weighted by molar-refractivity contribution is -0.0622. The van der Waals surface area contributed by atoms with E-state index in [0.29, 0.717) is 11.5 Å². The Morgan fingerprint density at radius 3 is 2.00 bits per heavy atom. The Labute approximate surface area is 96.6 Å². The summed E-state index contributed by atoms with van der Waals surface area (Å²) in [5, 5.41) is 0. The van der Waals surface area contributed by atoms with Gasteiger partial charge in [-0.25, -0.2) is 0 Å². The van der Waals surface area contributed by atoms with Crippen molar-refractivity contribution >= 4 is 0 Å². The van der Waals surface area contributed by atoms with Crippen molar-refractivity contribution in [3.05, 3.63) is 0 Å². The SMILES string of the molecule is CC.CCCC1(CCC)CC[C@H](C)OC1. The molecule has 92 valence electrons. The first kappa shape index (κ1) is 15.0. The van der Waals surface area contributed by atoms with Crippen molar-refractivity contribution in [1.29, 1.82) is 0 Å². The van der Waals surface area contributed by atoms with Crippen molar-refractivity contribution in [3.8, 4) is 0 Å². The molecular formula is C14H30O. The van der Waals surface area contributed by atoms with Crippen LogP contribution < -0.4 is 0 Å². The molecule has 0 N–H and O–H groups in total. The molecule has 1 fully saturated rings. The van der Waals surface area contributed by atoms with Crippen LogP contribution in [-0.4, -0.2) is 12.7 Å². The second-order valence-corrected chi connectivity index (χ2v) is 4.66. The van der Waals surface area contributed by atoms with Crippen LogP contribution in [0.15, 0.2) is 0 Å². The molecule has 0 aliphatic carbocycles. The quantitative estimate of drug-likeness (QED) is 0.653. The Morgan fingerprint density at radius 2 is 1.67 bits per heavy atom. The normalized spacial score (nSPS) is 24.2. The summed E-state index contributed by atoms with van der Waals surface area (Å²) in [7, 11) is 0. The molecule has 1 aliphatic rings. The van der Waals surface area contributed by atoms with Gasteiger partial charge in [-0.1, -0.05) is 40.5 Å². The Hall–Kier alpha value is -0.0400. The smallest absolute Gasteiger partial charge is 0.0547 e. The Morgan fingerprint density at radius 1 is 1.13 bits per heavy atom. The minimum absolute atomic E-state index is 0.502. The predicted molar refractivity (Wildman–Crippen MR) is 68.2 cm³/mol. The number of hydrogen-bond donors (Lipinski definition) is 0. The summed E-state index contributed by atoms with van der Waals surface area (Å²) in [6, 6.07) is 0. The largest absolute Gasteiger partial charge is 0.378 e. The van der Waals surface area contributed by atoms with Gasteiger partial charge in [0.15, 0.2) is 0 Å². The maximum Gasteiger partial charge on any atom is 0.0547 e. The summed E-state index contributed by atoms with van der Waals surface area (Å²) in [5.41, 5.74) is 0.538. The number of hydrogen-bond acceptors (Lipinski definition) is 1. The average Bonchev–Trinajstić information content (AvgIpc) is 2.26. The van der Waals surface area contributed by atoms with Gasteiger partial charge in [0.05, 0.1) is 12.7 Å². The monoisotopic (exact) mass is 214 g/mol. The summed E-state index contributed by atoms with van der Waals surface area (Å²) < 4.78 is 5.80. The first-order valence-corrected chi connectivity index (χ1v) is 6.84. The van der Waals surface area contributed by atoms with E-state index in [1.807, 2.05) is 13.8 Å². The molecule has 0 spiro atoms. The molecule has 1 aliphatic heterocycles. The third-order valence-corrected chi connectivity index (χ3v) is 3.32. The van der Waals surface area contributed by atoms with Crippen molar-refractivity contribution in [2.75, 3.05) is 6.61 Å². The van der Waals surface area contributed by atoms with Crippen LogP contribution in [0.25, 0.3) is 0 Å². The summed E-state index contributed by atoms with van der Waals surface area (Å²) >= 11 is 0. The lowest BCUT2D eigenvalue weighted by atomic mass is 9.74. The van der Waals surface area contributed by atoms with Gasteiger partial charge in [-0.2, -0.15) is 0 Å². The minimum Gasteiger partial charge on any atom is -0.378 e. The molecule has 15 heavy (non-hydrogen) atoms. The minimum atomic E-state index is 0.502. The standard InChI is InChI=1S/C12H24O.C2H6/c1-4-7-12(8-5-2)9-6-11(3)13-10-12;1-2/h11H,4-10H2,1-3H3;1-2H3/t11-;/m0./s1. The lowest BCUT2D eigenvalue weighted by Gasteiger charge is -2.39.